The van der Waals surface area contributed by atoms with E-state index < -0.39 is 0 Å². The van der Waals surface area contributed by atoms with Gasteiger partial charge in [-0.25, -0.2) is 4.98 Å². The second kappa shape index (κ2) is 5.71. The number of amides is 1. The van der Waals surface area contributed by atoms with Gasteiger partial charge in [-0.05, 0) is 32.3 Å². The zero-order valence-electron chi connectivity index (χ0n) is 12.5. The summed E-state index contributed by atoms with van der Waals surface area (Å²) in [6.45, 7) is 5.57. The second-order valence-corrected chi connectivity index (χ2v) is 5.75. The summed E-state index contributed by atoms with van der Waals surface area (Å²) in [6.07, 6.45) is 11.2. The number of rotatable bonds is 4. The minimum atomic E-state index is -0.201. The maximum Gasteiger partial charge on any atom is 0.245 e. The molecule has 0 spiro atoms. The van der Waals surface area contributed by atoms with E-state index in [1.54, 1.807) is 12.5 Å². The number of carbonyl (C=O) groups excluding carboxylic acids is 1. The zero-order valence-corrected chi connectivity index (χ0v) is 12.5. The van der Waals surface area contributed by atoms with Gasteiger partial charge in [-0.1, -0.05) is 0 Å². The van der Waals surface area contributed by atoms with Gasteiger partial charge in [-0.2, -0.15) is 5.10 Å². The summed E-state index contributed by atoms with van der Waals surface area (Å²) in [6, 6.07) is 0.0372. The van der Waals surface area contributed by atoms with Gasteiger partial charge < -0.3 is 9.47 Å². The van der Waals surface area contributed by atoms with Crippen molar-refractivity contribution >= 4 is 5.91 Å². The van der Waals surface area contributed by atoms with Crippen LogP contribution in [0.2, 0.25) is 0 Å². The van der Waals surface area contributed by atoms with E-state index >= 15 is 0 Å². The molecule has 2 aromatic rings. The first-order chi connectivity index (χ1) is 10.1. The molecule has 6 nitrogen and oxygen atoms in total. The topological polar surface area (TPSA) is 56.0 Å². The van der Waals surface area contributed by atoms with Crippen LogP contribution in [0.25, 0.3) is 0 Å². The molecule has 6 heteroatoms. The molecule has 1 saturated heterocycles. The lowest BCUT2D eigenvalue weighted by atomic mass is 10.2. The fourth-order valence-corrected chi connectivity index (χ4v) is 2.96. The predicted octanol–water partition coefficient (Wildman–Crippen LogP) is 1.64. The largest absolute Gasteiger partial charge is 0.336 e. The summed E-state index contributed by atoms with van der Waals surface area (Å²) >= 11 is 0. The molecule has 1 aliphatic heterocycles. The van der Waals surface area contributed by atoms with Crippen LogP contribution in [0.1, 0.15) is 31.4 Å². The van der Waals surface area contributed by atoms with Crippen LogP contribution in [-0.2, 0) is 11.3 Å². The Labute approximate surface area is 124 Å². The van der Waals surface area contributed by atoms with Gasteiger partial charge in [0.25, 0.3) is 0 Å². The highest BCUT2D eigenvalue weighted by Gasteiger charge is 2.32. The van der Waals surface area contributed by atoms with E-state index in [2.05, 4.69) is 10.1 Å². The SMILES string of the molecule is Cc1cnn(C[C@H]2CCCN2C(=O)[C@@H](C)n2ccnc2)c1. The Morgan fingerprint density at radius 2 is 2.38 bits per heavy atom. The highest BCUT2D eigenvalue weighted by molar-refractivity contribution is 5.80. The van der Waals surface area contributed by atoms with Crippen LogP contribution in [0.3, 0.4) is 0 Å². The van der Waals surface area contributed by atoms with Gasteiger partial charge in [0.2, 0.25) is 5.91 Å². The summed E-state index contributed by atoms with van der Waals surface area (Å²) in [5.41, 5.74) is 1.15. The van der Waals surface area contributed by atoms with Crippen LogP contribution >= 0.6 is 0 Å². The normalized spacial score (nSPS) is 19.9. The van der Waals surface area contributed by atoms with Crippen molar-refractivity contribution in [2.24, 2.45) is 0 Å². The minimum absolute atomic E-state index is 0.166. The van der Waals surface area contributed by atoms with Crippen LogP contribution in [0.15, 0.2) is 31.1 Å². The van der Waals surface area contributed by atoms with Crippen LogP contribution < -0.4 is 0 Å². The van der Waals surface area contributed by atoms with E-state index in [-0.39, 0.29) is 18.0 Å². The van der Waals surface area contributed by atoms with Crippen LogP contribution in [0, 0.1) is 6.92 Å². The van der Waals surface area contributed by atoms with Crippen LogP contribution in [-0.4, -0.2) is 42.7 Å². The molecule has 3 heterocycles. The number of aromatic nitrogens is 4. The number of hydrogen-bond acceptors (Lipinski definition) is 3. The van der Waals surface area contributed by atoms with Crippen molar-refractivity contribution in [3.05, 3.63) is 36.7 Å². The zero-order chi connectivity index (χ0) is 14.8. The molecule has 21 heavy (non-hydrogen) atoms. The number of imidazole rings is 1. The lowest BCUT2D eigenvalue weighted by Gasteiger charge is -2.28. The molecule has 112 valence electrons. The fraction of sp³-hybridized carbons (Fsp3) is 0.533. The molecular formula is C15H21N5O. The van der Waals surface area contributed by atoms with Gasteiger partial charge in [0.05, 0.1) is 25.1 Å². The summed E-state index contributed by atoms with van der Waals surface area (Å²) in [7, 11) is 0. The standard InChI is InChI=1S/C15H21N5O/c1-12-8-17-19(9-12)10-14-4-3-6-20(14)15(21)13(2)18-7-5-16-11-18/h5,7-9,11,13-14H,3-4,6,10H2,1-2H3/t13-,14-/m1/s1. The highest BCUT2D eigenvalue weighted by atomic mass is 16.2. The van der Waals surface area contributed by atoms with Crippen LogP contribution in [0.4, 0.5) is 0 Å². The molecule has 0 unspecified atom stereocenters. The van der Waals surface area contributed by atoms with Crippen molar-refractivity contribution in [2.45, 2.75) is 45.3 Å². The van der Waals surface area contributed by atoms with Gasteiger partial charge in [0, 0.05) is 25.1 Å². The van der Waals surface area contributed by atoms with E-state index in [9.17, 15) is 4.79 Å². The van der Waals surface area contributed by atoms with Crippen molar-refractivity contribution in [3.63, 3.8) is 0 Å². The maximum absolute atomic E-state index is 12.7. The molecule has 2 aromatic heterocycles. The minimum Gasteiger partial charge on any atom is -0.336 e. The smallest absolute Gasteiger partial charge is 0.245 e. The first-order valence-electron chi connectivity index (χ1n) is 7.42. The molecule has 0 aliphatic carbocycles. The molecular weight excluding hydrogens is 266 g/mol. The van der Waals surface area contributed by atoms with E-state index in [4.69, 9.17) is 0 Å². The molecule has 3 rings (SSSR count). The summed E-state index contributed by atoms with van der Waals surface area (Å²) in [5.74, 6) is 0.166. The molecule has 1 aliphatic rings. The van der Waals surface area contributed by atoms with Gasteiger partial charge in [-0.3, -0.25) is 9.48 Å². The fourth-order valence-electron chi connectivity index (χ4n) is 2.96. The molecule has 2 atom stereocenters. The number of nitrogens with zero attached hydrogens (tertiary/aromatic N) is 5. The van der Waals surface area contributed by atoms with Crippen LogP contribution in [0.5, 0.6) is 0 Å². The third-order valence-electron chi connectivity index (χ3n) is 4.15. The summed E-state index contributed by atoms with van der Waals surface area (Å²) in [5, 5.41) is 4.33. The lowest BCUT2D eigenvalue weighted by molar-refractivity contribution is -0.135. The van der Waals surface area contributed by atoms with Crippen molar-refractivity contribution in [1.29, 1.82) is 0 Å². The molecule has 0 saturated carbocycles. The number of hydrogen-bond donors (Lipinski definition) is 0. The Kier molecular flexibility index (Phi) is 3.77. The average molecular weight is 287 g/mol. The maximum atomic E-state index is 12.7. The molecule has 0 bridgehead atoms. The van der Waals surface area contributed by atoms with E-state index in [1.165, 1.54) is 0 Å². The predicted molar refractivity (Wildman–Crippen MR) is 78.6 cm³/mol. The highest BCUT2D eigenvalue weighted by Crippen LogP contribution is 2.22. The van der Waals surface area contributed by atoms with Crippen molar-refractivity contribution < 1.29 is 4.79 Å². The van der Waals surface area contributed by atoms with Gasteiger partial charge in [-0.15, -0.1) is 0 Å². The lowest BCUT2D eigenvalue weighted by Crippen LogP contribution is -2.41. The molecule has 1 amide bonds. The van der Waals surface area contributed by atoms with E-state index in [1.807, 2.05) is 46.6 Å². The van der Waals surface area contributed by atoms with Gasteiger partial charge >= 0.3 is 0 Å². The Bertz CT molecular complexity index is 603. The number of aryl methyl sites for hydroxylation is 1. The van der Waals surface area contributed by atoms with Crippen molar-refractivity contribution in [2.75, 3.05) is 6.54 Å². The Morgan fingerprint density at radius 3 is 3.05 bits per heavy atom. The molecule has 1 fully saturated rings. The second-order valence-electron chi connectivity index (χ2n) is 5.75. The van der Waals surface area contributed by atoms with Gasteiger partial charge in [0.1, 0.15) is 6.04 Å². The van der Waals surface area contributed by atoms with E-state index in [0.717, 1.165) is 31.5 Å². The monoisotopic (exact) mass is 287 g/mol. The quantitative estimate of drug-likeness (QED) is 0.859. The van der Waals surface area contributed by atoms with Gasteiger partial charge in [0.15, 0.2) is 0 Å². The van der Waals surface area contributed by atoms with E-state index in [0.29, 0.717) is 0 Å². The third kappa shape index (κ3) is 2.84. The summed E-state index contributed by atoms with van der Waals surface area (Å²) in [4.78, 5) is 18.7. The molecule has 0 radical (unpaired) electrons. The summed E-state index contributed by atoms with van der Waals surface area (Å²) < 4.78 is 3.79. The molecule has 0 aromatic carbocycles. The number of likely N-dealkylation sites (tertiary alicyclic amines) is 1. The first-order valence-corrected chi connectivity index (χ1v) is 7.42. The molecule has 0 N–H and O–H groups in total. The van der Waals surface area contributed by atoms with Crippen molar-refractivity contribution in [3.8, 4) is 0 Å². The first kappa shape index (κ1) is 13.9. The van der Waals surface area contributed by atoms with Crippen molar-refractivity contribution in [1.82, 2.24) is 24.2 Å². The Balaban J connectivity index is 1.70. The number of carbonyl (C=O) groups is 1. The average Bonchev–Trinajstić information content (AvgIpc) is 3.19. The Hall–Kier alpha value is -2.11. The Morgan fingerprint density at radius 1 is 1.52 bits per heavy atom. The third-order valence-corrected chi connectivity index (χ3v) is 4.15.